The number of aromatic nitrogens is 3. The molecule has 4 nitrogen and oxygen atoms in total. The first-order valence-electron chi connectivity index (χ1n) is 4.97. The number of rotatable bonds is 5. The predicted octanol–water partition coefficient (Wildman–Crippen LogP) is 2.12. The van der Waals surface area contributed by atoms with E-state index in [1.807, 2.05) is 16.4 Å². The summed E-state index contributed by atoms with van der Waals surface area (Å²) in [5.74, 6) is 0. The van der Waals surface area contributed by atoms with Crippen LogP contribution in [0.4, 0.5) is 0 Å². The molecule has 0 saturated carbocycles. The summed E-state index contributed by atoms with van der Waals surface area (Å²) in [6.07, 6.45) is 3.49. The fourth-order valence-corrected chi connectivity index (χ4v) is 2.11. The van der Waals surface area contributed by atoms with Gasteiger partial charge in [0.2, 0.25) is 0 Å². The van der Waals surface area contributed by atoms with Crippen LogP contribution >= 0.6 is 22.9 Å². The fraction of sp³-hybridized carbons (Fsp3) is 0.400. The molecule has 0 saturated heterocycles. The molecule has 2 rings (SSSR count). The minimum absolute atomic E-state index is 0.683. The Labute approximate surface area is 103 Å². The number of hydrogen-bond donors (Lipinski definition) is 0. The summed E-state index contributed by atoms with van der Waals surface area (Å²) in [5.41, 5.74) is 2.97. The number of nitrogens with zero attached hydrogens (tertiary/aromatic N) is 4. The first-order valence-corrected chi connectivity index (χ1v) is 6.29. The van der Waals surface area contributed by atoms with Crippen molar-refractivity contribution in [2.24, 2.45) is 0 Å². The Hall–Kier alpha value is -0.910. The van der Waals surface area contributed by atoms with Crippen molar-refractivity contribution in [3.8, 4) is 0 Å². The van der Waals surface area contributed by atoms with Crippen molar-refractivity contribution in [3.05, 3.63) is 34.0 Å². The summed E-state index contributed by atoms with van der Waals surface area (Å²) in [6.45, 7) is 2.64. The summed E-state index contributed by atoms with van der Waals surface area (Å²) >= 11 is 7.41. The molecule has 0 aliphatic rings. The van der Waals surface area contributed by atoms with Crippen molar-refractivity contribution in [2.75, 3.05) is 13.6 Å². The van der Waals surface area contributed by atoms with Crippen molar-refractivity contribution in [1.82, 2.24) is 19.7 Å². The van der Waals surface area contributed by atoms with E-state index in [2.05, 4.69) is 27.4 Å². The molecule has 0 atom stereocenters. The van der Waals surface area contributed by atoms with E-state index in [1.165, 1.54) is 0 Å². The average Bonchev–Trinajstić information content (AvgIpc) is 2.87. The Balaban J connectivity index is 1.77. The van der Waals surface area contributed by atoms with Gasteiger partial charge in [-0.25, -0.2) is 4.98 Å². The molecule has 2 heterocycles. The third kappa shape index (κ3) is 3.30. The first-order chi connectivity index (χ1) is 7.74. The van der Waals surface area contributed by atoms with Gasteiger partial charge >= 0.3 is 0 Å². The lowest BCUT2D eigenvalue weighted by Gasteiger charge is -2.14. The molecule has 2 aromatic rings. The predicted molar refractivity (Wildman–Crippen MR) is 65.7 cm³/mol. The number of likely N-dealkylation sites (N-methyl/N-ethyl adjacent to an activating group) is 1. The lowest BCUT2D eigenvalue weighted by molar-refractivity contribution is 0.302. The van der Waals surface area contributed by atoms with Crippen molar-refractivity contribution in [1.29, 1.82) is 0 Å². The quantitative estimate of drug-likeness (QED) is 0.822. The molecule has 2 aromatic heterocycles. The highest BCUT2D eigenvalue weighted by Gasteiger charge is 2.02. The van der Waals surface area contributed by atoms with Crippen LogP contribution in [0.1, 0.15) is 5.69 Å². The molecule has 0 unspecified atom stereocenters. The van der Waals surface area contributed by atoms with E-state index in [0.29, 0.717) is 5.02 Å². The molecule has 0 N–H and O–H groups in total. The van der Waals surface area contributed by atoms with Gasteiger partial charge in [0.25, 0.3) is 0 Å². The lowest BCUT2D eigenvalue weighted by Crippen LogP contribution is -2.23. The third-order valence-electron chi connectivity index (χ3n) is 2.23. The highest BCUT2D eigenvalue weighted by Crippen LogP contribution is 2.06. The minimum Gasteiger partial charge on any atom is -0.299 e. The van der Waals surface area contributed by atoms with Gasteiger partial charge in [-0.05, 0) is 7.05 Å². The number of halogens is 1. The van der Waals surface area contributed by atoms with Gasteiger partial charge in [0, 0.05) is 24.7 Å². The van der Waals surface area contributed by atoms with Gasteiger partial charge in [-0.2, -0.15) is 5.10 Å². The van der Waals surface area contributed by atoms with Crippen LogP contribution in [0.2, 0.25) is 5.02 Å². The molecule has 0 aliphatic carbocycles. The highest BCUT2D eigenvalue weighted by atomic mass is 35.5. The van der Waals surface area contributed by atoms with Crippen LogP contribution in [0.3, 0.4) is 0 Å². The van der Waals surface area contributed by atoms with Crippen molar-refractivity contribution in [2.45, 2.75) is 13.1 Å². The second-order valence-electron chi connectivity index (χ2n) is 3.64. The molecule has 6 heteroatoms. The number of thiazole rings is 1. The second-order valence-corrected chi connectivity index (χ2v) is 4.79. The van der Waals surface area contributed by atoms with Crippen molar-refractivity contribution in [3.63, 3.8) is 0 Å². The van der Waals surface area contributed by atoms with E-state index >= 15 is 0 Å². The van der Waals surface area contributed by atoms with Gasteiger partial charge in [0.05, 0.1) is 29.0 Å². The summed E-state index contributed by atoms with van der Waals surface area (Å²) in [5, 5.41) is 6.88. The maximum absolute atomic E-state index is 5.79. The van der Waals surface area contributed by atoms with Gasteiger partial charge in [-0.15, -0.1) is 11.3 Å². The second kappa shape index (κ2) is 5.43. The van der Waals surface area contributed by atoms with Crippen molar-refractivity contribution < 1.29 is 0 Å². The fourth-order valence-electron chi connectivity index (χ4n) is 1.41. The SMILES string of the molecule is CN(CCn1cc(Cl)cn1)Cc1cscn1. The van der Waals surface area contributed by atoms with E-state index in [4.69, 9.17) is 11.6 Å². The zero-order valence-corrected chi connectivity index (χ0v) is 10.6. The third-order valence-corrected chi connectivity index (χ3v) is 3.06. The molecule has 0 fully saturated rings. The first kappa shape index (κ1) is 11.6. The molecule has 16 heavy (non-hydrogen) atoms. The summed E-state index contributed by atoms with van der Waals surface area (Å²) < 4.78 is 1.85. The smallest absolute Gasteiger partial charge is 0.0795 e. The molecular weight excluding hydrogens is 244 g/mol. The minimum atomic E-state index is 0.683. The maximum Gasteiger partial charge on any atom is 0.0795 e. The van der Waals surface area contributed by atoms with E-state index in [1.54, 1.807) is 17.5 Å². The Morgan fingerprint density at radius 1 is 1.56 bits per heavy atom. The molecule has 0 aromatic carbocycles. The number of hydrogen-bond acceptors (Lipinski definition) is 4. The monoisotopic (exact) mass is 256 g/mol. The Morgan fingerprint density at radius 3 is 3.06 bits per heavy atom. The summed E-state index contributed by atoms with van der Waals surface area (Å²) in [7, 11) is 2.07. The van der Waals surface area contributed by atoms with Gasteiger partial charge in [-0.1, -0.05) is 11.6 Å². The molecular formula is C10H13ClN4S. The van der Waals surface area contributed by atoms with Crippen LogP contribution in [-0.2, 0) is 13.1 Å². The van der Waals surface area contributed by atoms with Crippen molar-refractivity contribution >= 4 is 22.9 Å². The molecule has 0 spiro atoms. The van der Waals surface area contributed by atoms with Gasteiger partial charge in [0.1, 0.15) is 0 Å². The van der Waals surface area contributed by atoms with Gasteiger partial charge < -0.3 is 0 Å². The topological polar surface area (TPSA) is 34.0 Å². The molecule has 0 bridgehead atoms. The van der Waals surface area contributed by atoms with Gasteiger partial charge in [-0.3, -0.25) is 9.58 Å². The van der Waals surface area contributed by atoms with E-state index in [9.17, 15) is 0 Å². The zero-order valence-electron chi connectivity index (χ0n) is 9.01. The van der Waals surface area contributed by atoms with E-state index < -0.39 is 0 Å². The molecule has 86 valence electrons. The van der Waals surface area contributed by atoms with Crippen LogP contribution in [-0.4, -0.2) is 33.3 Å². The lowest BCUT2D eigenvalue weighted by atomic mass is 10.4. The van der Waals surface area contributed by atoms with Crippen LogP contribution < -0.4 is 0 Å². The zero-order chi connectivity index (χ0) is 11.4. The Bertz CT molecular complexity index is 426. The largest absolute Gasteiger partial charge is 0.299 e. The van der Waals surface area contributed by atoms with E-state index in [0.717, 1.165) is 25.3 Å². The molecule has 0 aliphatic heterocycles. The standard InChI is InChI=1S/C10H13ClN4S/c1-14(6-10-7-16-8-12-10)2-3-15-5-9(11)4-13-15/h4-5,7-8H,2-3,6H2,1H3. The van der Waals surface area contributed by atoms with Gasteiger partial charge in [0.15, 0.2) is 0 Å². The Kier molecular flexibility index (Phi) is 3.93. The van der Waals surface area contributed by atoms with Crippen LogP contribution in [0.15, 0.2) is 23.3 Å². The molecule has 0 amide bonds. The summed E-state index contributed by atoms with van der Waals surface area (Å²) in [6, 6.07) is 0. The van der Waals surface area contributed by atoms with Crippen LogP contribution in [0.25, 0.3) is 0 Å². The maximum atomic E-state index is 5.79. The van der Waals surface area contributed by atoms with Crippen LogP contribution in [0.5, 0.6) is 0 Å². The van der Waals surface area contributed by atoms with Crippen LogP contribution in [0, 0.1) is 0 Å². The normalized spacial score (nSPS) is 11.2. The Morgan fingerprint density at radius 2 is 2.44 bits per heavy atom. The highest BCUT2D eigenvalue weighted by molar-refractivity contribution is 7.07. The summed E-state index contributed by atoms with van der Waals surface area (Å²) in [4.78, 5) is 6.46. The average molecular weight is 257 g/mol. The molecule has 0 radical (unpaired) electrons. The van der Waals surface area contributed by atoms with E-state index in [-0.39, 0.29) is 0 Å².